The fourth-order valence-corrected chi connectivity index (χ4v) is 3.32. The summed E-state index contributed by atoms with van der Waals surface area (Å²) in [4.78, 5) is 26.5. The van der Waals surface area contributed by atoms with Crippen LogP contribution < -0.4 is 10.2 Å². The van der Waals surface area contributed by atoms with E-state index in [1.54, 1.807) is 28.8 Å². The monoisotopic (exact) mass is 360 g/mol. The van der Waals surface area contributed by atoms with Crippen LogP contribution in [0.15, 0.2) is 30.3 Å². The van der Waals surface area contributed by atoms with Gasteiger partial charge in [0.15, 0.2) is 0 Å². The van der Waals surface area contributed by atoms with Gasteiger partial charge in [0, 0.05) is 20.0 Å². The van der Waals surface area contributed by atoms with Crippen molar-refractivity contribution in [3.05, 3.63) is 46.7 Å². The number of anilines is 1. The Labute approximate surface area is 151 Å². The third kappa shape index (κ3) is 3.69. The van der Waals surface area contributed by atoms with E-state index < -0.39 is 0 Å². The topological polar surface area (TPSA) is 67.2 Å². The second-order valence-corrected chi connectivity index (χ2v) is 6.63. The number of hydrogen-bond acceptors (Lipinski definition) is 3. The Balaban J connectivity index is 1.69. The molecule has 2 heterocycles. The van der Waals surface area contributed by atoms with Crippen LogP contribution in [0, 0.1) is 0 Å². The highest BCUT2D eigenvalue weighted by atomic mass is 35.5. The number of para-hydroxylation sites is 1. The van der Waals surface area contributed by atoms with Gasteiger partial charge in [0.1, 0.15) is 5.69 Å². The van der Waals surface area contributed by atoms with Crippen molar-refractivity contribution in [2.75, 3.05) is 11.4 Å². The second kappa shape index (κ2) is 7.27. The molecule has 0 saturated carbocycles. The van der Waals surface area contributed by atoms with Crippen molar-refractivity contribution >= 4 is 29.1 Å². The molecule has 1 saturated heterocycles. The Morgan fingerprint density at radius 2 is 2.16 bits per heavy atom. The minimum Gasteiger partial charge on any atom is -0.346 e. The van der Waals surface area contributed by atoms with Gasteiger partial charge in [-0.1, -0.05) is 37.1 Å². The van der Waals surface area contributed by atoms with E-state index >= 15 is 0 Å². The molecule has 6 nitrogen and oxygen atoms in total. The van der Waals surface area contributed by atoms with E-state index in [1.165, 1.54) is 0 Å². The standard InChI is InChI=1S/C18H21ClN4O2/c1-3-6-12-9-16(22(2)21-12)18(25)20-13-10-17(24)23(11-13)15-8-5-4-7-14(15)19/h4-5,7-9,13H,3,6,10-11H2,1-2H3,(H,20,25). The van der Waals surface area contributed by atoms with E-state index in [1.807, 2.05) is 18.2 Å². The summed E-state index contributed by atoms with van der Waals surface area (Å²) in [6.45, 7) is 2.48. The molecule has 1 aliphatic heterocycles. The zero-order valence-electron chi connectivity index (χ0n) is 14.3. The number of rotatable bonds is 5. The first-order valence-electron chi connectivity index (χ1n) is 8.38. The highest BCUT2D eigenvalue weighted by Gasteiger charge is 2.33. The van der Waals surface area contributed by atoms with Crippen LogP contribution in [0.4, 0.5) is 5.69 Å². The lowest BCUT2D eigenvalue weighted by atomic mass is 10.2. The van der Waals surface area contributed by atoms with Gasteiger partial charge in [0.25, 0.3) is 5.91 Å². The van der Waals surface area contributed by atoms with E-state index in [2.05, 4.69) is 17.3 Å². The average Bonchev–Trinajstić information content (AvgIpc) is 3.11. The van der Waals surface area contributed by atoms with E-state index in [-0.39, 0.29) is 24.3 Å². The lowest BCUT2D eigenvalue weighted by Gasteiger charge is -2.18. The summed E-state index contributed by atoms with van der Waals surface area (Å²) in [6, 6.07) is 8.78. The molecule has 1 aliphatic rings. The first kappa shape index (κ1) is 17.5. The lowest BCUT2D eigenvalue weighted by molar-refractivity contribution is -0.117. The molecule has 1 aromatic carbocycles. The summed E-state index contributed by atoms with van der Waals surface area (Å²) in [7, 11) is 1.75. The maximum absolute atomic E-state index is 12.5. The molecule has 3 rings (SSSR count). The van der Waals surface area contributed by atoms with Gasteiger partial charge in [-0.2, -0.15) is 5.10 Å². The number of aryl methyl sites for hydroxylation is 2. The molecule has 1 atom stereocenters. The zero-order chi connectivity index (χ0) is 18.0. The summed E-state index contributed by atoms with van der Waals surface area (Å²) in [5.41, 5.74) is 2.08. The van der Waals surface area contributed by atoms with E-state index in [0.717, 1.165) is 18.5 Å². The summed E-state index contributed by atoms with van der Waals surface area (Å²) < 4.78 is 1.59. The van der Waals surface area contributed by atoms with Gasteiger partial charge < -0.3 is 10.2 Å². The summed E-state index contributed by atoms with van der Waals surface area (Å²) in [6.07, 6.45) is 2.07. The van der Waals surface area contributed by atoms with Gasteiger partial charge >= 0.3 is 0 Å². The molecule has 2 amide bonds. The Kier molecular flexibility index (Phi) is 5.08. The number of amides is 2. The van der Waals surface area contributed by atoms with Gasteiger partial charge in [-0.15, -0.1) is 0 Å². The number of carbonyl (C=O) groups excluding carboxylic acids is 2. The van der Waals surface area contributed by atoms with Gasteiger partial charge in [0.2, 0.25) is 5.91 Å². The zero-order valence-corrected chi connectivity index (χ0v) is 15.1. The third-order valence-corrected chi connectivity index (χ3v) is 4.59. The minimum atomic E-state index is -0.249. The average molecular weight is 361 g/mol. The molecular weight excluding hydrogens is 340 g/mol. The minimum absolute atomic E-state index is 0.0462. The fraction of sp³-hybridized carbons (Fsp3) is 0.389. The molecule has 132 valence electrons. The maximum atomic E-state index is 12.5. The normalized spacial score (nSPS) is 17.2. The quantitative estimate of drug-likeness (QED) is 0.891. The molecule has 1 unspecified atom stereocenters. The summed E-state index contributed by atoms with van der Waals surface area (Å²) >= 11 is 6.18. The van der Waals surface area contributed by atoms with Crippen LogP contribution in [0.3, 0.4) is 0 Å². The maximum Gasteiger partial charge on any atom is 0.269 e. The van der Waals surface area contributed by atoms with Crippen molar-refractivity contribution in [2.45, 2.75) is 32.2 Å². The first-order valence-corrected chi connectivity index (χ1v) is 8.76. The predicted octanol–water partition coefficient (Wildman–Crippen LogP) is 2.56. The molecule has 0 spiro atoms. The van der Waals surface area contributed by atoms with Gasteiger partial charge in [0.05, 0.1) is 22.4 Å². The second-order valence-electron chi connectivity index (χ2n) is 6.22. The molecule has 1 aromatic heterocycles. The van der Waals surface area contributed by atoms with Crippen molar-refractivity contribution in [3.63, 3.8) is 0 Å². The highest BCUT2D eigenvalue weighted by Crippen LogP contribution is 2.29. The Morgan fingerprint density at radius 3 is 2.88 bits per heavy atom. The summed E-state index contributed by atoms with van der Waals surface area (Å²) in [5, 5.41) is 7.81. The van der Waals surface area contributed by atoms with Crippen LogP contribution in [-0.2, 0) is 18.3 Å². The molecule has 2 aromatic rings. The number of nitrogens with zero attached hydrogens (tertiary/aromatic N) is 3. The third-order valence-electron chi connectivity index (χ3n) is 4.27. The molecule has 7 heteroatoms. The number of hydrogen-bond donors (Lipinski definition) is 1. The van der Waals surface area contributed by atoms with Crippen molar-refractivity contribution in [1.29, 1.82) is 0 Å². The number of nitrogens with one attached hydrogen (secondary N) is 1. The molecule has 25 heavy (non-hydrogen) atoms. The molecule has 1 fully saturated rings. The van der Waals surface area contributed by atoms with Gasteiger partial charge in [-0.25, -0.2) is 0 Å². The largest absolute Gasteiger partial charge is 0.346 e. The smallest absolute Gasteiger partial charge is 0.269 e. The van der Waals surface area contributed by atoms with Crippen LogP contribution in [0.25, 0.3) is 0 Å². The number of aromatic nitrogens is 2. The molecule has 0 radical (unpaired) electrons. The molecular formula is C18H21ClN4O2. The van der Waals surface area contributed by atoms with Gasteiger partial charge in [-0.05, 0) is 24.6 Å². The summed E-state index contributed by atoms with van der Waals surface area (Å²) in [5.74, 6) is -0.258. The highest BCUT2D eigenvalue weighted by molar-refractivity contribution is 6.33. The van der Waals surface area contributed by atoms with Crippen molar-refractivity contribution in [1.82, 2.24) is 15.1 Å². The first-order chi connectivity index (χ1) is 12.0. The number of carbonyl (C=O) groups is 2. The number of benzene rings is 1. The molecule has 0 bridgehead atoms. The van der Waals surface area contributed by atoms with Crippen molar-refractivity contribution in [2.24, 2.45) is 7.05 Å². The fourth-order valence-electron chi connectivity index (χ4n) is 3.08. The van der Waals surface area contributed by atoms with Crippen LogP contribution in [0.1, 0.15) is 35.9 Å². The van der Waals surface area contributed by atoms with Crippen LogP contribution in [0.5, 0.6) is 0 Å². The van der Waals surface area contributed by atoms with E-state index in [4.69, 9.17) is 11.6 Å². The van der Waals surface area contributed by atoms with Gasteiger partial charge in [-0.3, -0.25) is 14.3 Å². The van der Waals surface area contributed by atoms with E-state index in [0.29, 0.717) is 22.9 Å². The predicted molar refractivity (Wildman–Crippen MR) is 96.9 cm³/mol. The lowest BCUT2D eigenvalue weighted by Crippen LogP contribution is -2.38. The Morgan fingerprint density at radius 1 is 1.40 bits per heavy atom. The Bertz CT molecular complexity index is 802. The molecule has 1 N–H and O–H groups in total. The van der Waals surface area contributed by atoms with Crippen molar-refractivity contribution in [3.8, 4) is 0 Å². The van der Waals surface area contributed by atoms with Crippen LogP contribution >= 0.6 is 11.6 Å². The van der Waals surface area contributed by atoms with Crippen molar-refractivity contribution < 1.29 is 9.59 Å². The van der Waals surface area contributed by atoms with E-state index in [9.17, 15) is 9.59 Å². The SMILES string of the molecule is CCCc1cc(C(=O)NC2CC(=O)N(c3ccccc3Cl)C2)n(C)n1. The Hall–Kier alpha value is -2.34. The molecule has 0 aliphatic carbocycles. The number of halogens is 1. The van der Waals surface area contributed by atoms with Crippen LogP contribution in [-0.4, -0.2) is 34.2 Å². The van der Waals surface area contributed by atoms with Crippen LogP contribution in [0.2, 0.25) is 5.02 Å².